The van der Waals surface area contributed by atoms with Crippen LogP contribution in [0, 0.1) is 11.3 Å². The van der Waals surface area contributed by atoms with Crippen molar-refractivity contribution in [2.45, 2.75) is 5.88 Å². The Labute approximate surface area is 136 Å². The number of halogens is 3. The third-order valence-electron chi connectivity index (χ3n) is 3.14. The lowest BCUT2D eigenvalue weighted by molar-refractivity contribution is 0.982. The summed E-state index contributed by atoms with van der Waals surface area (Å²) in [5.41, 5.74) is 2.72. The van der Waals surface area contributed by atoms with Gasteiger partial charge in [0, 0.05) is 0 Å². The highest BCUT2D eigenvalue weighted by Gasteiger charge is 2.15. The molecule has 2 aromatic carbocycles. The van der Waals surface area contributed by atoms with Crippen LogP contribution in [0.15, 0.2) is 36.4 Å². The van der Waals surface area contributed by atoms with Crippen LogP contribution < -0.4 is 0 Å². The van der Waals surface area contributed by atoms with Crippen LogP contribution in [0.25, 0.3) is 16.7 Å². The molecule has 0 saturated carbocycles. The van der Waals surface area contributed by atoms with Gasteiger partial charge in [-0.15, -0.1) is 11.6 Å². The van der Waals surface area contributed by atoms with Crippen molar-refractivity contribution in [1.29, 1.82) is 5.26 Å². The van der Waals surface area contributed by atoms with E-state index in [2.05, 4.69) is 11.1 Å². The number of rotatable bonds is 2. The number of nitriles is 1. The minimum absolute atomic E-state index is 0.224. The van der Waals surface area contributed by atoms with Crippen molar-refractivity contribution in [1.82, 2.24) is 9.55 Å². The average Bonchev–Trinajstić information content (AvgIpc) is 2.87. The molecule has 1 aromatic heterocycles. The maximum Gasteiger partial charge on any atom is 0.129 e. The summed E-state index contributed by atoms with van der Waals surface area (Å²) in [5, 5.41) is 9.94. The zero-order chi connectivity index (χ0) is 15.0. The normalized spacial score (nSPS) is 10.8. The maximum atomic E-state index is 8.93. The van der Waals surface area contributed by atoms with Crippen LogP contribution in [0.5, 0.6) is 0 Å². The molecule has 0 saturated heterocycles. The highest BCUT2D eigenvalue weighted by molar-refractivity contribution is 6.35. The van der Waals surface area contributed by atoms with E-state index in [9.17, 15) is 0 Å². The highest BCUT2D eigenvalue weighted by Crippen LogP contribution is 2.31. The van der Waals surface area contributed by atoms with Gasteiger partial charge in [-0.2, -0.15) is 5.26 Å². The van der Waals surface area contributed by atoms with Crippen LogP contribution in [-0.2, 0) is 5.88 Å². The molecule has 0 amide bonds. The summed E-state index contributed by atoms with van der Waals surface area (Å²) in [5.74, 6) is 0.868. The van der Waals surface area contributed by atoms with Gasteiger partial charge in [-0.25, -0.2) is 4.98 Å². The molecular formula is C15H8Cl3N3. The van der Waals surface area contributed by atoms with E-state index in [1.807, 2.05) is 16.7 Å². The Balaban J connectivity index is 2.34. The smallest absolute Gasteiger partial charge is 0.129 e. The van der Waals surface area contributed by atoms with Crippen LogP contribution in [0.4, 0.5) is 0 Å². The lowest BCUT2D eigenvalue weighted by Crippen LogP contribution is -2.00. The molecule has 0 atom stereocenters. The fraction of sp³-hybridized carbons (Fsp3) is 0.0667. The van der Waals surface area contributed by atoms with Crippen molar-refractivity contribution in [3.63, 3.8) is 0 Å². The summed E-state index contributed by atoms with van der Waals surface area (Å²) in [4.78, 5) is 4.47. The quantitative estimate of drug-likeness (QED) is 0.622. The molecule has 3 rings (SSSR count). The van der Waals surface area contributed by atoms with Crippen LogP contribution >= 0.6 is 34.8 Å². The zero-order valence-electron chi connectivity index (χ0n) is 10.6. The molecule has 0 radical (unpaired) electrons. The third kappa shape index (κ3) is 2.36. The van der Waals surface area contributed by atoms with Gasteiger partial charge in [-0.3, -0.25) is 4.57 Å². The summed E-state index contributed by atoms with van der Waals surface area (Å²) in [6.45, 7) is 0. The van der Waals surface area contributed by atoms with Gasteiger partial charge >= 0.3 is 0 Å². The number of hydrogen-bond acceptors (Lipinski definition) is 2. The number of hydrogen-bond donors (Lipinski definition) is 0. The van der Waals surface area contributed by atoms with Crippen molar-refractivity contribution >= 4 is 45.8 Å². The van der Waals surface area contributed by atoms with Gasteiger partial charge in [0.1, 0.15) is 11.3 Å². The van der Waals surface area contributed by atoms with Crippen molar-refractivity contribution in [2.24, 2.45) is 0 Å². The Morgan fingerprint density at radius 1 is 1.14 bits per heavy atom. The second kappa shape index (κ2) is 5.57. The number of imidazole rings is 1. The van der Waals surface area contributed by atoms with Crippen molar-refractivity contribution < 1.29 is 0 Å². The van der Waals surface area contributed by atoms with E-state index in [1.165, 1.54) is 0 Å². The largest absolute Gasteiger partial charge is 0.294 e. The van der Waals surface area contributed by atoms with Gasteiger partial charge < -0.3 is 0 Å². The van der Waals surface area contributed by atoms with Crippen molar-refractivity contribution in [2.75, 3.05) is 0 Å². The third-order valence-corrected chi connectivity index (χ3v) is 3.99. The van der Waals surface area contributed by atoms with E-state index in [1.54, 1.807) is 24.3 Å². The maximum absolute atomic E-state index is 8.93. The van der Waals surface area contributed by atoms with E-state index in [0.29, 0.717) is 26.9 Å². The Hall–Kier alpha value is -1.73. The summed E-state index contributed by atoms with van der Waals surface area (Å²) in [6.07, 6.45) is 0. The van der Waals surface area contributed by atoms with E-state index >= 15 is 0 Å². The second-order valence-corrected chi connectivity index (χ2v) is 5.46. The molecule has 0 bridgehead atoms. The molecular weight excluding hydrogens is 329 g/mol. The van der Waals surface area contributed by atoms with Crippen molar-refractivity contribution in [3.8, 4) is 11.8 Å². The summed E-state index contributed by atoms with van der Waals surface area (Å²) < 4.78 is 1.86. The lowest BCUT2D eigenvalue weighted by Gasteiger charge is -2.10. The molecule has 0 unspecified atom stereocenters. The summed E-state index contributed by atoms with van der Waals surface area (Å²) in [7, 11) is 0. The minimum Gasteiger partial charge on any atom is -0.294 e. The molecule has 6 heteroatoms. The molecule has 3 aromatic rings. The lowest BCUT2D eigenvalue weighted by atomic mass is 10.2. The first kappa shape index (κ1) is 14.2. The fourth-order valence-corrected chi connectivity index (χ4v) is 2.89. The molecule has 0 fully saturated rings. The van der Waals surface area contributed by atoms with E-state index < -0.39 is 0 Å². The van der Waals surface area contributed by atoms with Crippen LogP contribution in [0.3, 0.4) is 0 Å². The van der Waals surface area contributed by atoms with Gasteiger partial charge in [0.15, 0.2) is 0 Å². The topological polar surface area (TPSA) is 41.6 Å². The van der Waals surface area contributed by atoms with Gasteiger partial charge in [0.25, 0.3) is 0 Å². The molecule has 21 heavy (non-hydrogen) atoms. The van der Waals surface area contributed by atoms with Gasteiger partial charge in [-0.1, -0.05) is 29.3 Å². The number of benzene rings is 2. The number of aromatic nitrogens is 2. The average molecular weight is 337 g/mol. The molecule has 0 aliphatic heterocycles. The Bertz CT molecular complexity index is 878. The highest BCUT2D eigenvalue weighted by atomic mass is 35.5. The predicted octanol–water partition coefficient (Wildman–Crippen LogP) is 4.94. The first-order valence-electron chi connectivity index (χ1n) is 6.07. The monoisotopic (exact) mass is 335 g/mol. The van der Waals surface area contributed by atoms with Crippen LogP contribution in [-0.4, -0.2) is 9.55 Å². The molecule has 0 N–H and O–H groups in total. The Kier molecular flexibility index (Phi) is 3.77. The van der Waals surface area contributed by atoms with E-state index in [4.69, 9.17) is 40.1 Å². The Morgan fingerprint density at radius 2 is 1.95 bits per heavy atom. The fourth-order valence-electron chi connectivity index (χ4n) is 2.23. The van der Waals surface area contributed by atoms with Gasteiger partial charge in [0.05, 0.1) is 38.8 Å². The standard InChI is InChI=1S/C15H8Cl3N3/c16-7-14-20-15-10(17)2-1-3-13(15)21(14)12-5-4-9(8-19)6-11(12)18/h1-6H,7H2. The van der Waals surface area contributed by atoms with Crippen LogP contribution in [0.1, 0.15) is 11.4 Å². The van der Waals surface area contributed by atoms with E-state index in [-0.39, 0.29) is 5.88 Å². The molecule has 0 spiro atoms. The number of fused-ring (bicyclic) bond motifs is 1. The number of nitrogens with zero attached hydrogens (tertiary/aromatic N) is 3. The first-order chi connectivity index (χ1) is 10.2. The molecule has 1 heterocycles. The summed E-state index contributed by atoms with van der Waals surface area (Å²) in [6, 6.07) is 12.7. The number of alkyl halides is 1. The molecule has 0 aliphatic carbocycles. The molecule has 0 aliphatic rings. The molecule has 104 valence electrons. The van der Waals surface area contributed by atoms with Gasteiger partial charge in [-0.05, 0) is 30.3 Å². The molecule has 3 nitrogen and oxygen atoms in total. The zero-order valence-corrected chi connectivity index (χ0v) is 12.9. The van der Waals surface area contributed by atoms with Crippen LogP contribution in [0.2, 0.25) is 10.0 Å². The first-order valence-corrected chi connectivity index (χ1v) is 7.36. The number of para-hydroxylation sites is 1. The SMILES string of the molecule is N#Cc1ccc(-n2c(CCl)nc3c(Cl)cccc32)c(Cl)c1. The Morgan fingerprint density at radius 3 is 2.62 bits per heavy atom. The second-order valence-electron chi connectivity index (χ2n) is 4.38. The van der Waals surface area contributed by atoms with Crippen molar-refractivity contribution in [3.05, 3.63) is 57.8 Å². The minimum atomic E-state index is 0.224. The summed E-state index contributed by atoms with van der Waals surface area (Å²) >= 11 is 18.5. The van der Waals surface area contributed by atoms with Gasteiger partial charge in [0.2, 0.25) is 0 Å². The van der Waals surface area contributed by atoms with E-state index in [0.717, 1.165) is 11.2 Å². The predicted molar refractivity (Wildman–Crippen MR) is 85.4 cm³/mol.